The van der Waals surface area contributed by atoms with Crippen LogP contribution in [0.15, 0.2) is 36.9 Å². The molecular formula is C18H24FN3O3. The zero-order valence-electron chi connectivity index (χ0n) is 14.2. The number of halogens is 1. The number of hydrogen-bond acceptors (Lipinski definition) is 4. The largest absolute Gasteiger partial charge is 0.377 e. The molecule has 1 aromatic rings. The van der Waals surface area contributed by atoms with Crippen LogP contribution in [0.25, 0.3) is 0 Å². The van der Waals surface area contributed by atoms with Crippen molar-refractivity contribution in [2.45, 2.75) is 25.5 Å². The SMILES string of the molecule is C=CCNC(=O)NC(=O)CN(Cc1cccc(F)c1)CC1CCCO1. The number of carbonyl (C=O) groups is 2. The molecule has 3 amide bonds. The van der Waals surface area contributed by atoms with Crippen LogP contribution in [-0.4, -0.2) is 49.2 Å². The molecule has 7 heteroatoms. The normalized spacial score (nSPS) is 16.6. The maximum absolute atomic E-state index is 13.4. The van der Waals surface area contributed by atoms with E-state index in [0.29, 0.717) is 19.7 Å². The smallest absolute Gasteiger partial charge is 0.321 e. The Hall–Kier alpha value is -2.25. The Bertz CT molecular complexity index is 603. The van der Waals surface area contributed by atoms with Gasteiger partial charge in [-0.15, -0.1) is 6.58 Å². The van der Waals surface area contributed by atoms with Crippen LogP contribution in [0.1, 0.15) is 18.4 Å². The van der Waals surface area contributed by atoms with E-state index in [-0.39, 0.29) is 25.0 Å². The zero-order valence-corrected chi connectivity index (χ0v) is 14.2. The highest BCUT2D eigenvalue weighted by molar-refractivity contribution is 5.95. The lowest BCUT2D eigenvalue weighted by molar-refractivity contribution is -0.121. The number of urea groups is 1. The first-order valence-electron chi connectivity index (χ1n) is 8.34. The second-order valence-electron chi connectivity index (χ2n) is 5.98. The van der Waals surface area contributed by atoms with E-state index in [4.69, 9.17) is 4.74 Å². The highest BCUT2D eigenvalue weighted by Crippen LogP contribution is 2.15. The fourth-order valence-electron chi connectivity index (χ4n) is 2.73. The second kappa shape index (κ2) is 9.90. The van der Waals surface area contributed by atoms with Crippen molar-refractivity contribution in [3.05, 3.63) is 48.3 Å². The molecule has 0 saturated carbocycles. The number of rotatable bonds is 8. The highest BCUT2D eigenvalue weighted by Gasteiger charge is 2.21. The van der Waals surface area contributed by atoms with Crippen LogP contribution in [0, 0.1) is 5.82 Å². The van der Waals surface area contributed by atoms with Gasteiger partial charge in [0.05, 0.1) is 12.6 Å². The molecule has 1 aromatic carbocycles. The molecule has 1 aliphatic rings. The number of amides is 3. The lowest BCUT2D eigenvalue weighted by atomic mass is 10.1. The Morgan fingerprint density at radius 2 is 2.28 bits per heavy atom. The van der Waals surface area contributed by atoms with E-state index in [9.17, 15) is 14.0 Å². The monoisotopic (exact) mass is 349 g/mol. The summed E-state index contributed by atoms with van der Waals surface area (Å²) in [6.07, 6.45) is 3.50. The molecule has 6 nitrogen and oxygen atoms in total. The minimum Gasteiger partial charge on any atom is -0.377 e. The van der Waals surface area contributed by atoms with Gasteiger partial charge in [0, 0.05) is 26.2 Å². The van der Waals surface area contributed by atoms with Gasteiger partial charge < -0.3 is 10.1 Å². The van der Waals surface area contributed by atoms with Crippen molar-refractivity contribution in [1.29, 1.82) is 0 Å². The topological polar surface area (TPSA) is 70.7 Å². The van der Waals surface area contributed by atoms with Gasteiger partial charge in [-0.05, 0) is 30.5 Å². The first-order valence-corrected chi connectivity index (χ1v) is 8.34. The number of carbonyl (C=O) groups excluding carboxylic acids is 2. The Balaban J connectivity index is 1.94. The molecule has 2 N–H and O–H groups in total. The van der Waals surface area contributed by atoms with Crippen molar-refractivity contribution < 1.29 is 18.7 Å². The highest BCUT2D eigenvalue weighted by atomic mass is 19.1. The predicted molar refractivity (Wildman–Crippen MR) is 92.4 cm³/mol. The molecule has 1 atom stereocenters. The minimum atomic E-state index is -0.562. The summed E-state index contributed by atoms with van der Waals surface area (Å²) in [6.45, 7) is 5.47. The lowest BCUT2D eigenvalue weighted by Crippen LogP contribution is -2.45. The Morgan fingerprint density at radius 3 is 2.96 bits per heavy atom. The van der Waals surface area contributed by atoms with Crippen LogP contribution in [0.5, 0.6) is 0 Å². The summed E-state index contributed by atoms with van der Waals surface area (Å²) in [5.74, 6) is -0.737. The molecule has 2 rings (SSSR count). The summed E-state index contributed by atoms with van der Waals surface area (Å²) >= 11 is 0. The lowest BCUT2D eigenvalue weighted by Gasteiger charge is -2.24. The van der Waals surface area contributed by atoms with E-state index in [1.165, 1.54) is 18.2 Å². The van der Waals surface area contributed by atoms with Crippen molar-refractivity contribution >= 4 is 11.9 Å². The van der Waals surface area contributed by atoms with Crippen molar-refractivity contribution in [1.82, 2.24) is 15.5 Å². The van der Waals surface area contributed by atoms with Gasteiger partial charge >= 0.3 is 6.03 Å². The van der Waals surface area contributed by atoms with Crippen LogP contribution in [0.2, 0.25) is 0 Å². The summed E-state index contributed by atoms with van der Waals surface area (Å²) in [4.78, 5) is 25.5. The molecule has 25 heavy (non-hydrogen) atoms. The third-order valence-corrected chi connectivity index (χ3v) is 3.81. The van der Waals surface area contributed by atoms with Gasteiger partial charge in [0.15, 0.2) is 0 Å². The van der Waals surface area contributed by atoms with E-state index in [0.717, 1.165) is 18.4 Å². The Kier molecular flexibility index (Phi) is 7.56. The van der Waals surface area contributed by atoms with Gasteiger partial charge in [0.1, 0.15) is 5.82 Å². The van der Waals surface area contributed by atoms with Crippen LogP contribution in [-0.2, 0) is 16.1 Å². The summed E-state index contributed by atoms with van der Waals surface area (Å²) in [5.41, 5.74) is 0.766. The van der Waals surface area contributed by atoms with Crippen LogP contribution in [0.3, 0.4) is 0 Å². The van der Waals surface area contributed by atoms with Gasteiger partial charge in [-0.25, -0.2) is 9.18 Å². The Labute approximate surface area is 147 Å². The summed E-state index contributed by atoms with van der Waals surface area (Å²) in [7, 11) is 0. The number of hydrogen-bond donors (Lipinski definition) is 2. The number of nitrogens with one attached hydrogen (secondary N) is 2. The third-order valence-electron chi connectivity index (χ3n) is 3.81. The molecule has 0 spiro atoms. The van der Waals surface area contributed by atoms with Gasteiger partial charge in [-0.2, -0.15) is 0 Å². The average molecular weight is 349 g/mol. The van der Waals surface area contributed by atoms with E-state index in [2.05, 4.69) is 17.2 Å². The van der Waals surface area contributed by atoms with Crippen molar-refractivity contribution in [3.8, 4) is 0 Å². The van der Waals surface area contributed by atoms with Gasteiger partial charge in [0.2, 0.25) is 5.91 Å². The maximum Gasteiger partial charge on any atom is 0.321 e. The number of benzene rings is 1. The zero-order chi connectivity index (χ0) is 18.1. The summed E-state index contributed by atoms with van der Waals surface area (Å²) < 4.78 is 19.0. The first-order chi connectivity index (χ1) is 12.1. The number of imide groups is 1. The Morgan fingerprint density at radius 1 is 1.44 bits per heavy atom. The third kappa shape index (κ3) is 7.03. The number of ether oxygens (including phenoxy) is 1. The quantitative estimate of drug-likeness (QED) is 0.703. The molecule has 136 valence electrons. The fourth-order valence-corrected chi connectivity index (χ4v) is 2.73. The molecule has 0 bridgehead atoms. The first kappa shape index (κ1) is 19.1. The van der Waals surface area contributed by atoms with Gasteiger partial charge in [-0.3, -0.25) is 15.0 Å². The molecule has 0 aliphatic carbocycles. The van der Waals surface area contributed by atoms with E-state index >= 15 is 0 Å². The second-order valence-corrected chi connectivity index (χ2v) is 5.98. The van der Waals surface area contributed by atoms with E-state index < -0.39 is 11.9 Å². The molecule has 1 heterocycles. The van der Waals surface area contributed by atoms with Gasteiger partial charge in [-0.1, -0.05) is 18.2 Å². The van der Waals surface area contributed by atoms with E-state index in [1.54, 1.807) is 12.1 Å². The summed E-state index contributed by atoms with van der Waals surface area (Å²) in [6, 6.07) is 5.70. The van der Waals surface area contributed by atoms with Crippen LogP contribution in [0.4, 0.5) is 9.18 Å². The molecular weight excluding hydrogens is 325 g/mol. The number of nitrogens with zero attached hydrogens (tertiary/aromatic N) is 1. The maximum atomic E-state index is 13.4. The van der Waals surface area contributed by atoms with Crippen LogP contribution < -0.4 is 10.6 Å². The van der Waals surface area contributed by atoms with Crippen molar-refractivity contribution in [3.63, 3.8) is 0 Å². The van der Waals surface area contributed by atoms with Crippen molar-refractivity contribution in [2.24, 2.45) is 0 Å². The summed E-state index contributed by atoms with van der Waals surface area (Å²) in [5, 5.41) is 4.76. The molecule has 0 radical (unpaired) electrons. The molecule has 1 aliphatic heterocycles. The average Bonchev–Trinajstić information content (AvgIpc) is 3.05. The molecule has 1 unspecified atom stereocenters. The van der Waals surface area contributed by atoms with E-state index in [1.807, 2.05) is 4.90 Å². The fraction of sp³-hybridized carbons (Fsp3) is 0.444. The molecule has 1 saturated heterocycles. The predicted octanol–water partition coefficient (Wildman–Crippen LogP) is 1.82. The van der Waals surface area contributed by atoms with Crippen LogP contribution >= 0.6 is 0 Å². The van der Waals surface area contributed by atoms with Gasteiger partial charge in [0.25, 0.3) is 0 Å². The standard InChI is InChI=1S/C18H24FN3O3/c1-2-8-20-18(24)21-17(23)13-22(12-16-7-4-9-25-16)11-14-5-3-6-15(19)10-14/h2-3,5-6,10,16H,1,4,7-9,11-13H2,(H2,20,21,23,24). The minimum absolute atomic E-state index is 0.0257. The molecule has 1 fully saturated rings. The van der Waals surface area contributed by atoms with Crippen molar-refractivity contribution in [2.75, 3.05) is 26.2 Å². The molecule has 0 aromatic heterocycles.